The Labute approximate surface area is 174 Å². The predicted molar refractivity (Wildman–Crippen MR) is 113 cm³/mol. The van der Waals surface area contributed by atoms with E-state index in [1.807, 2.05) is 32.0 Å². The highest BCUT2D eigenvalue weighted by molar-refractivity contribution is 7.09. The maximum absolute atomic E-state index is 13.0. The third-order valence-electron chi connectivity index (χ3n) is 5.24. The van der Waals surface area contributed by atoms with Gasteiger partial charge in [0.25, 0.3) is 0 Å². The van der Waals surface area contributed by atoms with E-state index in [1.165, 1.54) is 16.0 Å². The van der Waals surface area contributed by atoms with Gasteiger partial charge in [0.2, 0.25) is 11.8 Å². The third kappa shape index (κ3) is 4.74. The van der Waals surface area contributed by atoms with Gasteiger partial charge < -0.3 is 9.84 Å². The molecule has 7 heteroatoms. The van der Waals surface area contributed by atoms with E-state index in [1.54, 1.807) is 11.3 Å². The standard InChI is InChI=1S/C22H26N4O2S/c1-15(2)21-24-20(28-25-21)14-26-13-17-7-4-3-6-16(17)12-19(26)22(27)23-10-9-18-8-5-11-29-18/h3-8,11,15,19H,9-10,12-14H2,1-2H3,(H,23,27)/t19-/m0/s1. The second-order valence-electron chi connectivity index (χ2n) is 7.72. The number of carbonyl (C=O) groups excluding carboxylic acids is 1. The Kier molecular flexibility index (Phi) is 6.06. The van der Waals surface area contributed by atoms with Gasteiger partial charge in [-0.3, -0.25) is 9.69 Å². The van der Waals surface area contributed by atoms with Crippen LogP contribution in [-0.4, -0.2) is 33.5 Å². The summed E-state index contributed by atoms with van der Waals surface area (Å²) in [4.78, 5) is 21.0. The minimum Gasteiger partial charge on any atom is -0.354 e. The van der Waals surface area contributed by atoms with Gasteiger partial charge in [0, 0.05) is 23.9 Å². The quantitative estimate of drug-likeness (QED) is 0.645. The van der Waals surface area contributed by atoms with Gasteiger partial charge in [0.1, 0.15) is 0 Å². The molecule has 1 amide bonds. The molecule has 1 aliphatic rings. The summed E-state index contributed by atoms with van der Waals surface area (Å²) >= 11 is 1.72. The minimum atomic E-state index is -0.248. The molecule has 1 atom stereocenters. The Bertz CT molecular complexity index is 951. The molecule has 0 saturated heterocycles. The third-order valence-corrected chi connectivity index (χ3v) is 6.17. The lowest BCUT2D eigenvalue weighted by Gasteiger charge is -2.35. The van der Waals surface area contributed by atoms with Gasteiger partial charge in [-0.15, -0.1) is 11.3 Å². The van der Waals surface area contributed by atoms with Crippen molar-refractivity contribution in [3.05, 3.63) is 69.5 Å². The Morgan fingerprint density at radius 3 is 2.83 bits per heavy atom. The van der Waals surface area contributed by atoms with E-state index >= 15 is 0 Å². The first kappa shape index (κ1) is 19.8. The highest BCUT2D eigenvalue weighted by Crippen LogP contribution is 2.25. The number of rotatable bonds is 7. The van der Waals surface area contributed by atoms with Crippen molar-refractivity contribution in [2.75, 3.05) is 6.54 Å². The van der Waals surface area contributed by atoms with Crippen molar-refractivity contribution < 1.29 is 9.32 Å². The van der Waals surface area contributed by atoms with Crippen molar-refractivity contribution in [3.8, 4) is 0 Å². The van der Waals surface area contributed by atoms with Crippen LogP contribution in [0.5, 0.6) is 0 Å². The summed E-state index contributed by atoms with van der Waals surface area (Å²) in [5.74, 6) is 1.53. The minimum absolute atomic E-state index is 0.0552. The Morgan fingerprint density at radius 1 is 1.28 bits per heavy atom. The first-order valence-electron chi connectivity index (χ1n) is 10.0. The van der Waals surface area contributed by atoms with Gasteiger partial charge in [0.05, 0.1) is 12.6 Å². The normalized spacial score (nSPS) is 16.7. The average Bonchev–Trinajstić information content (AvgIpc) is 3.39. The molecule has 3 aromatic rings. The number of amides is 1. The maximum Gasteiger partial charge on any atom is 0.240 e. The van der Waals surface area contributed by atoms with Crippen LogP contribution in [0.25, 0.3) is 0 Å². The van der Waals surface area contributed by atoms with Crippen LogP contribution in [0.15, 0.2) is 46.3 Å². The van der Waals surface area contributed by atoms with Gasteiger partial charge >= 0.3 is 0 Å². The van der Waals surface area contributed by atoms with E-state index < -0.39 is 0 Å². The van der Waals surface area contributed by atoms with E-state index in [0.29, 0.717) is 37.8 Å². The van der Waals surface area contributed by atoms with E-state index in [-0.39, 0.29) is 17.9 Å². The zero-order valence-electron chi connectivity index (χ0n) is 16.8. The summed E-state index contributed by atoms with van der Waals surface area (Å²) in [6, 6.07) is 12.2. The molecule has 0 fully saturated rings. The second-order valence-corrected chi connectivity index (χ2v) is 8.75. The van der Waals surface area contributed by atoms with Crippen molar-refractivity contribution in [2.45, 2.75) is 51.7 Å². The molecule has 0 spiro atoms. The fourth-order valence-electron chi connectivity index (χ4n) is 3.62. The molecule has 2 aromatic heterocycles. The number of benzene rings is 1. The SMILES string of the molecule is CC(C)c1noc(CN2Cc3ccccc3C[C@H]2C(=O)NCCc2cccs2)n1. The zero-order valence-corrected chi connectivity index (χ0v) is 17.6. The van der Waals surface area contributed by atoms with Gasteiger partial charge in [0.15, 0.2) is 5.82 Å². The monoisotopic (exact) mass is 410 g/mol. The van der Waals surface area contributed by atoms with Crippen LogP contribution in [0.1, 0.15) is 47.5 Å². The van der Waals surface area contributed by atoms with Crippen molar-refractivity contribution in [1.29, 1.82) is 0 Å². The number of carbonyl (C=O) groups is 1. The first-order valence-corrected chi connectivity index (χ1v) is 10.9. The van der Waals surface area contributed by atoms with Gasteiger partial charge in [-0.05, 0) is 35.4 Å². The second kappa shape index (κ2) is 8.88. The van der Waals surface area contributed by atoms with Crippen molar-refractivity contribution in [1.82, 2.24) is 20.4 Å². The molecule has 1 N–H and O–H groups in total. The fraction of sp³-hybridized carbons (Fsp3) is 0.409. The summed E-state index contributed by atoms with van der Waals surface area (Å²) in [6.45, 7) is 5.88. The summed E-state index contributed by atoms with van der Waals surface area (Å²) in [5, 5.41) is 9.24. The van der Waals surface area contributed by atoms with Gasteiger partial charge in [-0.25, -0.2) is 0 Å². The van der Waals surface area contributed by atoms with E-state index in [2.05, 4.69) is 43.9 Å². The van der Waals surface area contributed by atoms with Crippen molar-refractivity contribution in [2.24, 2.45) is 0 Å². The molecule has 0 radical (unpaired) electrons. The molecule has 0 aliphatic carbocycles. The van der Waals surface area contributed by atoms with Crippen LogP contribution in [0.2, 0.25) is 0 Å². The van der Waals surface area contributed by atoms with Crippen molar-refractivity contribution >= 4 is 17.2 Å². The molecule has 152 valence electrons. The number of aromatic nitrogens is 2. The molecule has 6 nitrogen and oxygen atoms in total. The van der Waals surface area contributed by atoms with Crippen LogP contribution in [0.3, 0.4) is 0 Å². The number of nitrogens with zero attached hydrogens (tertiary/aromatic N) is 3. The number of nitrogens with one attached hydrogen (secondary N) is 1. The lowest BCUT2D eigenvalue weighted by atomic mass is 9.93. The van der Waals surface area contributed by atoms with E-state index in [0.717, 1.165) is 6.42 Å². The maximum atomic E-state index is 13.0. The lowest BCUT2D eigenvalue weighted by Crippen LogP contribution is -2.50. The molecule has 1 aliphatic heterocycles. The molecule has 4 rings (SSSR count). The smallest absolute Gasteiger partial charge is 0.240 e. The predicted octanol–water partition coefficient (Wildman–Crippen LogP) is 3.54. The van der Waals surface area contributed by atoms with Crippen LogP contribution < -0.4 is 5.32 Å². The Balaban J connectivity index is 1.47. The van der Waals surface area contributed by atoms with E-state index in [9.17, 15) is 4.79 Å². The average molecular weight is 411 g/mol. The largest absolute Gasteiger partial charge is 0.354 e. The molecular formula is C22H26N4O2S. The highest BCUT2D eigenvalue weighted by Gasteiger charge is 2.32. The molecule has 0 saturated carbocycles. The highest BCUT2D eigenvalue weighted by atomic mass is 32.1. The van der Waals surface area contributed by atoms with Crippen LogP contribution in [-0.2, 0) is 30.7 Å². The molecule has 3 heterocycles. The number of hydrogen-bond acceptors (Lipinski definition) is 6. The molecule has 1 aromatic carbocycles. The summed E-state index contributed by atoms with van der Waals surface area (Å²) in [7, 11) is 0. The Hall–Kier alpha value is -2.51. The van der Waals surface area contributed by atoms with Gasteiger partial charge in [-0.1, -0.05) is 49.3 Å². The summed E-state index contributed by atoms with van der Waals surface area (Å²) in [5.41, 5.74) is 2.48. The summed E-state index contributed by atoms with van der Waals surface area (Å²) < 4.78 is 5.44. The fourth-order valence-corrected chi connectivity index (χ4v) is 4.33. The number of fused-ring (bicyclic) bond motifs is 1. The first-order chi connectivity index (χ1) is 14.1. The molecule has 0 bridgehead atoms. The topological polar surface area (TPSA) is 71.3 Å². The molecule has 29 heavy (non-hydrogen) atoms. The zero-order chi connectivity index (χ0) is 20.2. The number of hydrogen-bond donors (Lipinski definition) is 1. The van der Waals surface area contributed by atoms with Crippen LogP contribution in [0, 0.1) is 0 Å². The Morgan fingerprint density at radius 2 is 2.10 bits per heavy atom. The summed E-state index contributed by atoms with van der Waals surface area (Å²) in [6.07, 6.45) is 1.54. The van der Waals surface area contributed by atoms with Crippen molar-refractivity contribution in [3.63, 3.8) is 0 Å². The molecule has 0 unspecified atom stereocenters. The van der Waals surface area contributed by atoms with E-state index in [4.69, 9.17) is 4.52 Å². The molecular weight excluding hydrogens is 384 g/mol. The lowest BCUT2D eigenvalue weighted by molar-refractivity contribution is -0.127. The number of thiophene rings is 1. The van der Waals surface area contributed by atoms with Gasteiger partial charge in [-0.2, -0.15) is 4.98 Å². The van der Waals surface area contributed by atoms with Crippen LogP contribution in [0.4, 0.5) is 0 Å². The van der Waals surface area contributed by atoms with Crippen LogP contribution >= 0.6 is 11.3 Å².